The average Bonchev–Trinajstić information content (AvgIpc) is 3.57. The Morgan fingerprint density at radius 2 is 1.73 bits per heavy atom. The fourth-order valence-corrected chi connectivity index (χ4v) is 6.42. The first-order chi connectivity index (χ1) is 20.0. The average molecular weight is 606 g/mol. The van der Waals surface area contributed by atoms with E-state index in [2.05, 4.69) is 17.1 Å². The van der Waals surface area contributed by atoms with E-state index in [0.717, 1.165) is 24.8 Å². The molecule has 1 amide bonds. The van der Waals surface area contributed by atoms with E-state index in [1.807, 2.05) is 54.6 Å². The fraction of sp³-hybridized carbons (Fsp3) is 0.226. The number of Topliss-reactive ketones (excluding diaryl/α,β-unsaturated/α-hetero) is 1. The van der Waals surface area contributed by atoms with Gasteiger partial charge >= 0.3 is 5.91 Å². The van der Waals surface area contributed by atoms with Gasteiger partial charge in [0.2, 0.25) is 5.13 Å². The van der Waals surface area contributed by atoms with Gasteiger partial charge in [0.05, 0.1) is 18.2 Å². The number of hydrogen-bond donors (Lipinski definition) is 1. The molecule has 10 heteroatoms. The van der Waals surface area contributed by atoms with Crippen molar-refractivity contribution in [1.82, 2.24) is 10.2 Å². The van der Waals surface area contributed by atoms with Crippen molar-refractivity contribution >= 4 is 57.3 Å². The Bertz CT molecular complexity index is 1540. The quantitative estimate of drug-likeness (QED) is 0.0468. The minimum absolute atomic E-state index is 0.00313. The van der Waals surface area contributed by atoms with Crippen molar-refractivity contribution in [2.75, 3.05) is 11.5 Å². The molecule has 0 radical (unpaired) electrons. The summed E-state index contributed by atoms with van der Waals surface area (Å²) in [4.78, 5) is 28.2. The lowest BCUT2D eigenvalue weighted by Crippen LogP contribution is -2.29. The lowest BCUT2D eigenvalue weighted by atomic mass is 9.95. The van der Waals surface area contributed by atoms with Crippen LogP contribution in [0.1, 0.15) is 48.9 Å². The zero-order valence-corrected chi connectivity index (χ0v) is 24.7. The zero-order chi connectivity index (χ0) is 28.8. The summed E-state index contributed by atoms with van der Waals surface area (Å²) in [7, 11) is 0. The van der Waals surface area contributed by atoms with E-state index in [1.165, 1.54) is 28.0 Å². The Labute approximate surface area is 251 Å². The van der Waals surface area contributed by atoms with E-state index >= 15 is 0 Å². The molecule has 1 saturated heterocycles. The molecule has 1 aliphatic rings. The number of carbonyl (C=O) groups excluding carboxylic acids is 2. The number of anilines is 1. The molecule has 1 fully saturated rings. The number of carbonyl (C=O) groups is 2. The van der Waals surface area contributed by atoms with Crippen LogP contribution in [0.5, 0.6) is 5.75 Å². The minimum atomic E-state index is -0.883. The second-order valence-corrected chi connectivity index (χ2v) is 12.0. The number of unbranched alkanes of at least 4 members (excludes halogenated alkanes) is 2. The largest absolute Gasteiger partial charge is 0.507 e. The Morgan fingerprint density at radius 1 is 1.00 bits per heavy atom. The second-order valence-electron chi connectivity index (χ2n) is 9.43. The molecule has 5 rings (SSSR count). The van der Waals surface area contributed by atoms with Gasteiger partial charge in [0.25, 0.3) is 5.78 Å². The van der Waals surface area contributed by atoms with Gasteiger partial charge < -0.3 is 9.84 Å². The van der Waals surface area contributed by atoms with E-state index in [0.29, 0.717) is 38.6 Å². The van der Waals surface area contributed by atoms with Crippen molar-refractivity contribution in [3.8, 4) is 5.75 Å². The number of aliphatic hydroxyl groups is 1. The molecule has 1 aromatic heterocycles. The summed E-state index contributed by atoms with van der Waals surface area (Å²) < 4.78 is 6.50. The van der Waals surface area contributed by atoms with E-state index in [9.17, 15) is 14.7 Å². The highest BCUT2D eigenvalue weighted by molar-refractivity contribution is 8.00. The first kappa shape index (κ1) is 28.9. The van der Waals surface area contributed by atoms with Crippen molar-refractivity contribution < 1.29 is 19.4 Å². The van der Waals surface area contributed by atoms with Gasteiger partial charge in [-0.05, 0) is 41.8 Å². The molecular weight excluding hydrogens is 578 g/mol. The predicted molar refractivity (Wildman–Crippen MR) is 164 cm³/mol. The van der Waals surface area contributed by atoms with E-state index < -0.39 is 17.7 Å². The topological polar surface area (TPSA) is 92.6 Å². The van der Waals surface area contributed by atoms with Crippen LogP contribution in [-0.2, 0) is 15.3 Å². The molecule has 4 aromatic rings. The Morgan fingerprint density at radius 3 is 2.44 bits per heavy atom. The van der Waals surface area contributed by atoms with E-state index in [4.69, 9.17) is 16.3 Å². The Kier molecular flexibility index (Phi) is 9.38. The third kappa shape index (κ3) is 6.64. The summed E-state index contributed by atoms with van der Waals surface area (Å²) >= 11 is 8.69. The molecule has 0 saturated carbocycles. The van der Waals surface area contributed by atoms with Crippen molar-refractivity contribution in [2.24, 2.45) is 0 Å². The Hall–Kier alpha value is -3.66. The number of amides is 1. The smallest absolute Gasteiger partial charge is 0.301 e. The highest BCUT2D eigenvalue weighted by Gasteiger charge is 2.48. The van der Waals surface area contributed by atoms with E-state index in [1.54, 1.807) is 24.3 Å². The zero-order valence-electron chi connectivity index (χ0n) is 22.3. The van der Waals surface area contributed by atoms with Crippen LogP contribution in [0.2, 0.25) is 5.02 Å². The number of nitrogens with zero attached hydrogens (tertiary/aromatic N) is 3. The maximum Gasteiger partial charge on any atom is 0.301 e. The molecule has 0 spiro atoms. The number of rotatable bonds is 11. The minimum Gasteiger partial charge on any atom is -0.507 e. The van der Waals surface area contributed by atoms with Gasteiger partial charge in [0.15, 0.2) is 4.34 Å². The lowest BCUT2D eigenvalue weighted by molar-refractivity contribution is -0.132. The number of thioether (sulfide) groups is 1. The van der Waals surface area contributed by atoms with Crippen LogP contribution in [0.25, 0.3) is 5.76 Å². The third-order valence-corrected chi connectivity index (χ3v) is 8.96. The number of aromatic nitrogens is 2. The monoisotopic (exact) mass is 605 g/mol. The first-order valence-corrected chi connectivity index (χ1v) is 15.4. The van der Waals surface area contributed by atoms with Crippen LogP contribution < -0.4 is 9.64 Å². The summed E-state index contributed by atoms with van der Waals surface area (Å²) in [5.74, 6) is -0.443. The third-order valence-electron chi connectivity index (χ3n) is 6.58. The van der Waals surface area contributed by atoms with Gasteiger partial charge in [-0.1, -0.05) is 109 Å². The standard InChI is InChI=1S/C31H28ClN3O4S2/c1-2-3-7-18-39-24-16-12-21(13-17-24)26-25(27(36)22-8-5-4-6-9-22)28(37)29(38)35(26)30-33-34-31(41-30)40-19-20-10-14-23(32)15-11-20/h4-6,8-17,26,36H,2-3,7,18-19H2,1H3/b27-25-. The summed E-state index contributed by atoms with van der Waals surface area (Å²) in [6.07, 6.45) is 3.16. The van der Waals surface area contributed by atoms with Crippen LogP contribution in [0.4, 0.5) is 5.13 Å². The number of aliphatic hydroxyl groups excluding tert-OH is 1. The van der Waals surface area contributed by atoms with Crippen LogP contribution in [0.3, 0.4) is 0 Å². The lowest BCUT2D eigenvalue weighted by Gasteiger charge is -2.22. The summed E-state index contributed by atoms with van der Waals surface area (Å²) in [5, 5.41) is 20.8. The number of benzene rings is 3. The number of ketones is 1. The van der Waals surface area contributed by atoms with Crippen molar-refractivity contribution in [1.29, 1.82) is 0 Å². The molecule has 1 unspecified atom stereocenters. The molecule has 210 valence electrons. The number of ether oxygens (including phenoxy) is 1. The molecule has 7 nitrogen and oxygen atoms in total. The molecule has 2 heterocycles. The van der Waals surface area contributed by atoms with Crippen LogP contribution in [-0.4, -0.2) is 33.6 Å². The van der Waals surface area contributed by atoms with Crippen molar-refractivity contribution in [3.63, 3.8) is 0 Å². The van der Waals surface area contributed by atoms with Crippen molar-refractivity contribution in [3.05, 3.63) is 106 Å². The molecule has 41 heavy (non-hydrogen) atoms. The Balaban J connectivity index is 1.47. The molecule has 1 N–H and O–H groups in total. The van der Waals surface area contributed by atoms with Gasteiger partial charge in [0, 0.05) is 16.3 Å². The summed E-state index contributed by atoms with van der Waals surface area (Å²) in [5.41, 5.74) is 2.16. The number of halogens is 1. The van der Waals surface area contributed by atoms with Gasteiger partial charge in [-0.2, -0.15) is 0 Å². The molecular formula is C31H28ClN3O4S2. The number of hydrogen-bond acceptors (Lipinski definition) is 8. The molecule has 1 aliphatic heterocycles. The van der Waals surface area contributed by atoms with Gasteiger partial charge in [-0.3, -0.25) is 14.5 Å². The SMILES string of the molecule is CCCCCOc1ccc(C2/C(=C(/O)c3ccccc3)C(=O)C(=O)N2c2nnc(SCc3ccc(Cl)cc3)s2)cc1. The van der Waals surface area contributed by atoms with Crippen LogP contribution in [0.15, 0.2) is 88.8 Å². The summed E-state index contributed by atoms with van der Waals surface area (Å²) in [6, 6.07) is 22.7. The maximum atomic E-state index is 13.5. The predicted octanol–water partition coefficient (Wildman–Crippen LogP) is 7.68. The normalized spacial score (nSPS) is 16.3. The van der Waals surface area contributed by atoms with Crippen LogP contribution >= 0.6 is 34.7 Å². The first-order valence-electron chi connectivity index (χ1n) is 13.3. The highest BCUT2D eigenvalue weighted by Crippen LogP contribution is 2.44. The molecule has 0 aliphatic carbocycles. The maximum absolute atomic E-state index is 13.5. The highest BCUT2D eigenvalue weighted by atomic mass is 35.5. The second kappa shape index (κ2) is 13.3. The van der Waals surface area contributed by atoms with Crippen LogP contribution in [0, 0.1) is 0 Å². The van der Waals surface area contributed by atoms with Gasteiger partial charge in [-0.25, -0.2) is 0 Å². The van der Waals surface area contributed by atoms with Gasteiger partial charge in [0.1, 0.15) is 11.5 Å². The van der Waals surface area contributed by atoms with Gasteiger partial charge in [-0.15, -0.1) is 10.2 Å². The molecule has 1 atom stereocenters. The molecule has 3 aromatic carbocycles. The molecule has 0 bridgehead atoms. The fourth-order valence-electron chi connectivity index (χ4n) is 4.47. The van der Waals surface area contributed by atoms with Crippen molar-refractivity contribution in [2.45, 2.75) is 42.3 Å². The van der Waals surface area contributed by atoms with E-state index in [-0.39, 0.29) is 16.5 Å². The summed E-state index contributed by atoms with van der Waals surface area (Å²) in [6.45, 7) is 2.75.